The van der Waals surface area contributed by atoms with Gasteiger partial charge in [0.25, 0.3) is 0 Å². The van der Waals surface area contributed by atoms with Crippen LogP contribution in [-0.4, -0.2) is 5.11 Å². The highest BCUT2D eigenvalue weighted by molar-refractivity contribution is 9.10. The second kappa shape index (κ2) is 8.85. The lowest BCUT2D eigenvalue weighted by Gasteiger charge is -2.24. The number of hydrogen-bond donors (Lipinski definition) is 2. The first-order chi connectivity index (χ1) is 12.5. The van der Waals surface area contributed by atoms with E-state index in [4.69, 9.17) is 0 Å². The molecule has 0 radical (unpaired) electrons. The molecule has 0 aromatic heterocycles. The first kappa shape index (κ1) is 19.2. The molecule has 2 atom stereocenters. The van der Waals surface area contributed by atoms with Crippen molar-refractivity contribution in [2.75, 3.05) is 5.32 Å². The second-order valence-corrected chi connectivity index (χ2v) is 8.25. The first-order valence-corrected chi connectivity index (χ1v) is 10.1. The van der Waals surface area contributed by atoms with E-state index in [1.54, 1.807) is 0 Å². The molecule has 0 aliphatic rings. The number of aliphatic hydroxyl groups excluding tert-OH is 1. The predicted octanol–water partition coefficient (Wildman–Crippen LogP) is 6.80. The van der Waals surface area contributed by atoms with Crippen molar-refractivity contribution >= 4 is 37.5 Å². The van der Waals surface area contributed by atoms with E-state index in [1.807, 2.05) is 60.7 Å². The third-order valence-corrected chi connectivity index (χ3v) is 5.44. The number of anilines is 1. The van der Waals surface area contributed by atoms with Crippen molar-refractivity contribution in [1.82, 2.24) is 0 Å². The Hall–Kier alpha value is -1.62. The second-order valence-electron chi connectivity index (χ2n) is 6.42. The van der Waals surface area contributed by atoms with E-state index in [9.17, 15) is 5.11 Å². The number of aryl methyl sites for hydroxylation is 1. The minimum absolute atomic E-state index is 0.000536. The van der Waals surface area contributed by atoms with Gasteiger partial charge in [-0.05, 0) is 54.4 Å². The van der Waals surface area contributed by atoms with Crippen LogP contribution >= 0.6 is 31.9 Å². The van der Waals surface area contributed by atoms with Crippen LogP contribution in [0.1, 0.15) is 35.3 Å². The molecule has 0 bridgehead atoms. The van der Waals surface area contributed by atoms with E-state index in [2.05, 4.69) is 56.2 Å². The molecule has 0 spiro atoms. The van der Waals surface area contributed by atoms with Gasteiger partial charge in [0.2, 0.25) is 0 Å². The standard InChI is InChI=1S/C22H21Br2NO/c1-15-2-4-17(5-3-15)22(26)14-21(16-6-8-18(23)9-7-16)25-20-12-10-19(24)11-13-20/h2-13,21-22,25-26H,14H2,1H3. The van der Waals surface area contributed by atoms with Gasteiger partial charge in [0.15, 0.2) is 0 Å². The summed E-state index contributed by atoms with van der Waals surface area (Å²) in [5, 5.41) is 14.3. The Morgan fingerprint density at radius 1 is 0.769 bits per heavy atom. The van der Waals surface area contributed by atoms with Crippen molar-refractivity contribution in [2.24, 2.45) is 0 Å². The number of halogens is 2. The van der Waals surface area contributed by atoms with Gasteiger partial charge in [0, 0.05) is 21.1 Å². The summed E-state index contributed by atoms with van der Waals surface area (Å²) in [5.74, 6) is 0. The number of nitrogens with one attached hydrogen (secondary N) is 1. The Kier molecular flexibility index (Phi) is 6.52. The number of benzene rings is 3. The van der Waals surface area contributed by atoms with Crippen LogP contribution < -0.4 is 5.32 Å². The Labute approximate surface area is 171 Å². The highest BCUT2D eigenvalue weighted by Crippen LogP contribution is 2.31. The Balaban J connectivity index is 1.83. The summed E-state index contributed by atoms with van der Waals surface area (Å²) in [4.78, 5) is 0. The van der Waals surface area contributed by atoms with Crippen LogP contribution in [0.15, 0.2) is 81.7 Å². The normalized spacial score (nSPS) is 13.2. The molecule has 4 heteroatoms. The van der Waals surface area contributed by atoms with E-state index >= 15 is 0 Å². The molecule has 0 heterocycles. The van der Waals surface area contributed by atoms with Crippen LogP contribution in [0, 0.1) is 6.92 Å². The molecule has 26 heavy (non-hydrogen) atoms. The van der Waals surface area contributed by atoms with Crippen molar-refractivity contribution in [1.29, 1.82) is 0 Å². The number of aliphatic hydroxyl groups is 1. The van der Waals surface area contributed by atoms with E-state index in [1.165, 1.54) is 5.56 Å². The van der Waals surface area contributed by atoms with Gasteiger partial charge in [-0.1, -0.05) is 73.8 Å². The number of hydrogen-bond acceptors (Lipinski definition) is 2. The van der Waals surface area contributed by atoms with Gasteiger partial charge >= 0.3 is 0 Å². The molecule has 3 aromatic rings. The molecule has 0 amide bonds. The molecular weight excluding hydrogens is 454 g/mol. The lowest BCUT2D eigenvalue weighted by molar-refractivity contribution is 0.160. The van der Waals surface area contributed by atoms with Gasteiger partial charge in [-0.15, -0.1) is 0 Å². The minimum atomic E-state index is -0.535. The van der Waals surface area contributed by atoms with Crippen molar-refractivity contribution < 1.29 is 5.11 Å². The Morgan fingerprint density at radius 2 is 1.27 bits per heavy atom. The zero-order valence-electron chi connectivity index (χ0n) is 14.5. The molecule has 2 nitrogen and oxygen atoms in total. The summed E-state index contributed by atoms with van der Waals surface area (Å²) >= 11 is 6.96. The van der Waals surface area contributed by atoms with E-state index in [0.717, 1.165) is 25.8 Å². The molecule has 2 unspecified atom stereocenters. The lowest BCUT2D eigenvalue weighted by Crippen LogP contribution is -2.15. The average Bonchev–Trinajstić information content (AvgIpc) is 2.64. The molecule has 0 saturated heterocycles. The zero-order valence-corrected chi connectivity index (χ0v) is 17.7. The van der Waals surface area contributed by atoms with Crippen LogP contribution in [0.25, 0.3) is 0 Å². The summed E-state index contributed by atoms with van der Waals surface area (Å²) < 4.78 is 2.09. The van der Waals surface area contributed by atoms with Crippen molar-refractivity contribution in [3.8, 4) is 0 Å². The van der Waals surface area contributed by atoms with Crippen LogP contribution in [-0.2, 0) is 0 Å². The topological polar surface area (TPSA) is 32.3 Å². The van der Waals surface area contributed by atoms with E-state index in [0.29, 0.717) is 6.42 Å². The summed E-state index contributed by atoms with van der Waals surface area (Å²) in [6.07, 6.45) is 0.0491. The maximum absolute atomic E-state index is 10.8. The quantitative estimate of drug-likeness (QED) is 0.411. The molecule has 0 aliphatic heterocycles. The fraction of sp³-hybridized carbons (Fsp3) is 0.182. The summed E-state index contributed by atoms with van der Waals surface area (Å²) in [6, 6.07) is 24.4. The Morgan fingerprint density at radius 3 is 1.85 bits per heavy atom. The lowest BCUT2D eigenvalue weighted by atomic mass is 9.96. The molecule has 0 fully saturated rings. The van der Waals surface area contributed by atoms with Crippen molar-refractivity contribution in [3.63, 3.8) is 0 Å². The van der Waals surface area contributed by atoms with Gasteiger partial charge in [0.1, 0.15) is 0 Å². The third-order valence-electron chi connectivity index (χ3n) is 4.38. The molecule has 3 rings (SSSR count). The van der Waals surface area contributed by atoms with E-state index < -0.39 is 6.10 Å². The molecule has 0 saturated carbocycles. The highest BCUT2D eigenvalue weighted by Gasteiger charge is 2.18. The highest BCUT2D eigenvalue weighted by atomic mass is 79.9. The maximum atomic E-state index is 10.8. The first-order valence-electron chi connectivity index (χ1n) is 8.53. The largest absolute Gasteiger partial charge is 0.388 e. The molecular formula is C22H21Br2NO. The van der Waals surface area contributed by atoms with Gasteiger partial charge in [-0.25, -0.2) is 0 Å². The maximum Gasteiger partial charge on any atom is 0.0812 e. The van der Waals surface area contributed by atoms with Gasteiger partial charge in [-0.2, -0.15) is 0 Å². The van der Waals surface area contributed by atoms with Crippen molar-refractivity contribution in [2.45, 2.75) is 25.5 Å². The smallest absolute Gasteiger partial charge is 0.0812 e. The summed E-state index contributed by atoms with van der Waals surface area (Å²) in [7, 11) is 0. The zero-order chi connectivity index (χ0) is 18.5. The third kappa shape index (κ3) is 5.19. The molecule has 134 valence electrons. The average molecular weight is 475 g/mol. The summed E-state index contributed by atoms with van der Waals surface area (Å²) in [6.45, 7) is 2.05. The molecule has 3 aromatic carbocycles. The SMILES string of the molecule is Cc1ccc(C(O)CC(Nc2ccc(Br)cc2)c2ccc(Br)cc2)cc1. The van der Waals surface area contributed by atoms with Crippen molar-refractivity contribution in [3.05, 3.63) is 98.4 Å². The van der Waals surface area contributed by atoms with Crippen LogP contribution in [0.3, 0.4) is 0 Å². The van der Waals surface area contributed by atoms with Crippen LogP contribution in [0.4, 0.5) is 5.69 Å². The fourth-order valence-corrected chi connectivity index (χ4v) is 3.40. The monoisotopic (exact) mass is 473 g/mol. The number of rotatable bonds is 6. The Bertz CT molecular complexity index is 830. The summed E-state index contributed by atoms with van der Waals surface area (Å²) in [5.41, 5.74) is 4.30. The fourth-order valence-electron chi connectivity index (χ4n) is 2.87. The van der Waals surface area contributed by atoms with Crippen LogP contribution in [0.5, 0.6) is 0 Å². The van der Waals surface area contributed by atoms with Gasteiger partial charge < -0.3 is 10.4 Å². The predicted molar refractivity (Wildman–Crippen MR) is 115 cm³/mol. The molecule has 0 aliphatic carbocycles. The van der Waals surface area contributed by atoms with E-state index in [-0.39, 0.29) is 6.04 Å². The van der Waals surface area contributed by atoms with Gasteiger partial charge in [0.05, 0.1) is 12.1 Å². The minimum Gasteiger partial charge on any atom is -0.388 e. The molecule has 2 N–H and O–H groups in total. The van der Waals surface area contributed by atoms with Gasteiger partial charge in [-0.3, -0.25) is 0 Å². The van der Waals surface area contributed by atoms with Crippen LogP contribution in [0.2, 0.25) is 0 Å².